The normalized spacial score (nSPS) is 26.1. The lowest BCUT2D eigenvalue weighted by atomic mass is 9.87. The number of rotatable bonds is 5. The minimum Gasteiger partial charge on any atom is -0.233 e. The van der Waals surface area contributed by atoms with Gasteiger partial charge in [0.05, 0.1) is 17.4 Å². The van der Waals surface area contributed by atoms with Gasteiger partial charge in [0.2, 0.25) is 0 Å². The van der Waals surface area contributed by atoms with Crippen LogP contribution in [0.1, 0.15) is 41.9 Å². The van der Waals surface area contributed by atoms with Gasteiger partial charge in [-0.3, -0.25) is 0 Å². The van der Waals surface area contributed by atoms with Crippen molar-refractivity contribution in [3.8, 4) is 5.69 Å². The molecule has 7 rings (SSSR count). The molecule has 2 saturated heterocycles. The van der Waals surface area contributed by atoms with E-state index < -0.39 is 10.2 Å². The van der Waals surface area contributed by atoms with Crippen LogP contribution in [0.25, 0.3) is 16.6 Å². The number of benzene rings is 3. The van der Waals surface area contributed by atoms with Crippen molar-refractivity contribution in [2.45, 2.75) is 37.5 Å². The van der Waals surface area contributed by atoms with E-state index in [-0.39, 0.29) is 23.1 Å². The summed E-state index contributed by atoms with van der Waals surface area (Å²) in [6.45, 7) is 4.39. The number of hydrogen-bond acceptors (Lipinski definition) is 3. The Morgan fingerprint density at radius 3 is 2.42 bits per heavy atom. The number of nitrogens with zero attached hydrogens (tertiary/aromatic N) is 4. The molecule has 2 aliphatic heterocycles. The van der Waals surface area contributed by atoms with Crippen molar-refractivity contribution in [1.29, 1.82) is 0 Å². The van der Waals surface area contributed by atoms with Crippen LogP contribution < -0.4 is 0 Å². The summed E-state index contributed by atoms with van der Waals surface area (Å²) in [6.07, 6.45) is 4.81. The SMILES string of the molecule is Cc1cc2c(cnn2-c2ccc(F)cc2)cc1[C@]12CN(S(=O)(=O)N3CCCCC3)C[C@H]1[C@@H]2c1ccccc1. The van der Waals surface area contributed by atoms with Crippen molar-refractivity contribution in [1.82, 2.24) is 18.4 Å². The van der Waals surface area contributed by atoms with Crippen LogP contribution in [0, 0.1) is 18.7 Å². The number of hydrogen-bond donors (Lipinski definition) is 0. The van der Waals surface area contributed by atoms with E-state index in [0.717, 1.165) is 41.4 Å². The van der Waals surface area contributed by atoms with Gasteiger partial charge < -0.3 is 0 Å². The highest BCUT2D eigenvalue weighted by atomic mass is 32.2. The highest BCUT2D eigenvalue weighted by molar-refractivity contribution is 7.86. The molecule has 196 valence electrons. The number of fused-ring (bicyclic) bond motifs is 2. The molecule has 0 unspecified atom stereocenters. The first-order valence-electron chi connectivity index (χ1n) is 13.4. The summed E-state index contributed by atoms with van der Waals surface area (Å²) in [5.74, 6) is 0.229. The molecule has 38 heavy (non-hydrogen) atoms. The number of halogens is 1. The molecule has 4 aromatic rings. The third-order valence-electron chi connectivity index (χ3n) is 8.96. The topological polar surface area (TPSA) is 58.4 Å². The first-order chi connectivity index (χ1) is 18.4. The number of piperidine rings is 2. The van der Waals surface area contributed by atoms with Gasteiger partial charge in [0.25, 0.3) is 10.2 Å². The maximum Gasteiger partial charge on any atom is 0.282 e. The Labute approximate surface area is 222 Å². The van der Waals surface area contributed by atoms with Gasteiger partial charge in [-0.15, -0.1) is 0 Å². The van der Waals surface area contributed by atoms with Crippen LogP contribution in [-0.2, 0) is 15.6 Å². The van der Waals surface area contributed by atoms with Crippen molar-refractivity contribution in [2.75, 3.05) is 26.2 Å². The van der Waals surface area contributed by atoms with Crippen LogP contribution >= 0.6 is 0 Å². The van der Waals surface area contributed by atoms with Crippen LogP contribution in [-0.4, -0.2) is 53.0 Å². The van der Waals surface area contributed by atoms with Crippen molar-refractivity contribution in [2.24, 2.45) is 5.92 Å². The Balaban J connectivity index is 1.30. The van der Waals surface area contributed by atoms with Gasteiger partial charge in [-0.1, -0.05) is 36.8 Å². The van der Waals surface area contributed by atoms with Crippen LogP contribution in [0.3, 0.4) is 0 Å². The molecule has 3 aliphatic rings. The maximum atomic E-state index is 13.7. The summed E-state index contributed by atoms with van der Waals surface area (Å²) < 4.78 is 46.1. The molecule has 1 aliphatic carbocycles. The second-order valence-corrected chi connectivity index (χ2v) is 13.0. The molecular weight excluding hydrogens is 499 g/mol. The average molecular weight is 531 g/mol. The molecule has 3 heterocycles. The zero-order valence-electron chi connectivity index (χ0n) is 21.4. The second-order valence-electron chi connectivity index (χ2n) is 11.1. The predicted molar refractivity (Wildman–Crippen MR) is 146 cm³/mol. The van der Waals surface area contributed by atoms with E-state index in [4.69, 9.17) is 0 Å². The molecule has 0 radical (unpaired) electrons. The first-order valence-corrected chi connectivity index (χ1v) is 14.8. The van der Waals surface area contributed by atoms with E-state index in [0.29, 0.717) is 26.2 Å². The Bertz CT molecular complexity index is 1610. The van der Waals surface area contributed by atoms with E-state index in [2.05, 4.69) is 48.4 Å². The van der Waals surface area contributed by atoms with Gasteiger partial charge in [0.15, 0.2) is 0 Å². The van der Waals surface area contributed by atoms with Crippen molar-refractivity contribution >= 4 is 21.1 Å². The minimum absolute atomic E-state index is 0.229. The standard InChI is InChI=1S/C30H31FN4O2S/c1-21-16-28-23(18-32-35(28)25-12-10-24(31)11-13-25)17-26(21)30-20-34(38(36,37)33-14-6-3-7-15-33)19-27(30)29(30)22-8-4-2-5-9-22/h2,4-5,8-13,16-18,27,29H,3,6-7,14-15,19-20H2,1H3/t27-,29-,30+/m0/s1. The molecule has 3 atom stereocenters. The quantitative estimate of drug-likeness (QED) is 0.358. The van der Waals surface area contributed by atoms with E-state index >= 15 is 0 Å². The summed E-state index contributed by atoms with van der Waals surface area (Å²) in [7, 11) is -3.49. The second kappa shape index (κ2) is 8.73. The molecule has 0 spiro atoms. The monoisotopic (exact) mass is 530 g/mol. The van der Waals surface area contributed by atoms with E-state index in [9.17, 15) is 12.8 Å². The fourth-order valence-corrected chi connectivity index (χ4v) is 8.90. The highest BCUT2D eigenvalue weighted by Crippen LogP contribution is 2.70. The van der Waals surface area contributed by atoms with Crippen LogP contribution in [0.4, 0.5) is 4.39 Å². The lowest BCUT2D eigenvalue weighted by molar-refractivity contribution is 0.306. The van der Waals surface area contributed by atoms with Crippen molar-refractivity contribution < 1.29 is 12.8 Å². The summed E-state index contributed by atoms with van der Waals surface area (Å²) >= 11 is 0. The predicted octanol–water partition coefficient (Wildman–Crippen LogP) is 5.17. The number of aromatic nitrogens is 2. The van der Waals surface area contributed by atoms with Gasteiger partial charge in [0, 0.05) is 42.9 Å². The zero-order chi connectivity index (χ0) is 26.1. The molecule has 3 fully saturated rings. The van der Waals surface area contributed by atoms with Crippen molar-refractivity contribution in [3.63, 3.8) is 0 Å². The zero-order valence-corrected chi connectivity index (χ0v) is 22.2. The van der Waals surface area contributed by atoms with Crippen LogP contribution in [0.15, 0.2) is 72.9 Å². The molecular formula is C30H31FN4O2S. The third-order valence-corrected chi connectivity index (χ3v) is 10.9. The summed E-state index contributed by atoms with van der Waals surface area (Å²) in [6, 6.07) is 21.2. The van der Waals surface area contributed by atoms with E-state index in [1.165, 1.54) is 23.3 Å². The Kier molecular flexibility index (Phi) is 5.51. The maximum absolute atomic E-state index is 13.7. The summed E-state index contributed by atoms with van der Waals surface area (Å²) in [4.78, 5) is 0. The molecule has 0 bridgehead atoms. The average Bonchev–Trinajstić information content (AvgIpc) is 3.20. The molecule has 8 heteroatoms. The van der Waals surface area contributed by atoms with Gasteiger partial charge in [-0.2, -0.15) is 22.1 Å². The summed E-state index contributed by atoms with van der Waals surface area (Å²) in [5.41, 5.74) is 5.10. The van der Waals surface area contributed by atoms with Crippen LogP contribution in [0.2, 0.25) is 0 Å². The highest BCUT2D eigenvalue weighted by Gasteiger charge is 2.71. The molecule has 1 aromatic heterocycles. The fourth-order valence-electron chi connectivity index (χ4n) is 7.12. The van der Waals surface area contributed by atoms with Crippen LogP contribution in [0.5, 0.6) is 0 Å². The van der Waals surface area contributed by atoms with Gasteiger partial charge in [0.1, 0.15) is 5.82 Å². The molecule has 1 saturated carbocycles. The first kappa shape index (κ1) is 24.0. The van der Waals surface area contributed by atoms with E-state index in [1.807, 2.05) is 16.9 Å². The lowest BCUT2D eigenvalue weighted by Crippen LogP contribution is -2.46. The largest absolute Gasteiger partial charge is 0.282 e. The fraction of sp³-hybridized carbons (Fsp3) is 0.367. The van der Waals surface area contributed by atoms with Crippen molar-refractivity contribution in [3.05, 3.63) is 95.4 Å². The smallest absolute Gasteiger partial charge is 0.233 e. The number of aryl methyl sites for hydroxylation is 1. The molecule has 3 aromatic carbocycles. The molecule has 0 amide bonds. The Morgan fingerprint density at radius 1 is 0.947 bits per heavy atom. The molecule has 0 N–H and O–H groups in total. The van der Waals surface area contributed by atoms with Gasteiger partial charge >= 0.3 is 0 Å². The van der Waals surface area contributed by atoms with Gasteiger partial charge in [-0.05, 0) is 78.8 Å². The molecule has 6 nitrogen and oxygen atoms in total. The summed E-state index contributed by atoms with van der Waals surface area (Å²) in [5, 5.41) is 5.61. The van der Waals surface area contributed by atoms with E-state index in [1.54, 1.807) is 20.7 Å². The minimum atomic E-state index is -3.49. The Morgan fingerprint density at radius 2 is 1.68 bits per heavy atom. The lowest BCUT2D eigenvalue weighted by Gasteiger charge is -2.32. The third kappa shape index (κ3) is 3.57. The van der Waals surface area contributed by atoms with Gasteiger partial charge in [-0.25, -0.2) is 9.07 Å². The Hall–Kier alpha value is -3.07.